The fourth-order valence-corrected chi connectivity index (χ4v) is 0.305. The Balaban J connectivity index is 4.13. The van der Waals surface area contributed by atoms with Gasteiger partial charge in [-0.05, 0) is 6.08 Å². The number of hydrogen-bond acceptors (Lipinski definition) is 3. The minimum Gasteiger partial charge on any atom is -0.478 e. The van der Waals surface area contributed by atoms with Gasteiger partial charge in [-0.3, -0.25) is 0 Å². The van der Waals surface area contributed by atoms with Crippen molar-refractivity contribution in [1.29, 1.82) is 0 Å². The molecular formula is C6H7NO4. The molecular weight excluding hydrogens is 150 g/mol. The van der Waals surface area contributed by atoms with Crippen LogP contribution in [0.25, 0.3) is 0 Å². The van der Waals surface area contributed by atoms with E-state index in [1.54, 1.807) is 0 Å². The Bertz CT molecular complexity index is 229. The van der Waals surface area contributed by atoms with Gasteiger partial charge in [-0.15, -0.1) is 0 Å². The van der Waals surface area contributed by atoms with Gasteiger partial charge in [-0.1, -0.05) is 6.08 Å². The van der Waals surface area contributed by atoms with E-state index in [1.807, 2.05) is 0 Å². The highest BCUT2D eigenvalue weighted by Gasteiger charge is 1.96. The average Bonchev–Trinajstić information content (AvgIpc) is 1.86. The monoisotopic (exact) mass is 157 g/mol. The number of carboxylic acids is 2. The summed E-state index contributed by atoms with van der Waals surface area (Å²) in [6.07, 6.45) is 2.83. The van der Waals surface area contributed by atoms with Crippen molar-refractivity contribution in [3.05, 3.63) is 23.9 Å². The fourth-order valence-electron chi connectivity index (χ4n) is 0.305. The van der Waals surface area contributed by atoms with E-state index in [2.05, 4.69) is 0 Å². The molecule has 5 nitrogen and oxygen atoms in total. The number of nitrogens with two attached hydrogens (primary N) is 1. The van der Waals surface area contributed by atoms with Gasteiger partial charge in [-0.25, -0.2) is 9.59 Å². The van der Waals surface area contributed by atoms with E-state index >= 15 is 0 Å². The van der Waals surface area contributed by atoms with Crippen molar-refractivity contribution in [1.82, 2.24) is 0 Å². The van der Waals surface area contributed by atoms with Gasteiger partial charge in [0.15, 0.2) is 0 Å². The predicted molar refractivity (Wildman–Crippen MR) is 36.7 cm³/mol. The lowest BCUT2D eigenvalue weighted by Gasteiger charge is -1.86. The van der Waals surface area contributed by atoms with Crippen molar-refractivity contribution in [3.63, 3.8) is 0 Å². The van der Waals surface area contributed by atoms with Crippen molar-refractivity contribution >= 4 is 11.9 Å². The Morgan fingerprint density at radius 2 is 1.82 bits per heavy atom. The summed E-state index contributed by atoms with van der Waals surface area (Å²) in [5.74, 6) is -2.43. The maximum Gasteiger partial charge on any atom is 0.351 e. The molecule has 0 amide bonds. The molecule has 0 radical (unpaired) electrons. The molecule has 0 aromatic heterocycles. The standard InChI is InChI=1S/C6H7NO4/c7-4(6(10)11)2-1-3-5(8)9/h1-3H,7H2,(H,8,9)(H,10,11). The van der Waals surface area contributed by atoms with Gasteiger partial charge < -0.3 is 15.9 Å². The fraction of sp³-hybridized carbons (Fsp3) is 0. The number of hydrogen-bond donors (Lipinski definition) is 3. The summed E-state index contributed by atoms with van der Waals surface area (Å²) in [5.41, 5.74) is 4.52. The van der Waals surface area contributed by atoms with Crippen molar-refractivity contribution in [2.75, 3.05) is 0 Å². The molecule has 11 heavy (non-hydrogen) atoms. The minimum absolute atomic E-state index is 0.400. The van der Waals surface area contributed by atoms with E-state index in [1.165, 1.54) is 0 Å². The molecule has 5 heteroatoms. The summed E-state index contributed by atoms with van der Waals surface area (Å²) in [4.78, 5) is 19.8. The van der Waals surface area contributed by atoms with Crippen LogP contribution in [-0.2, 0) is 9.59 Å². The highest BCUT2D eigenvalue weighted by atomic mass is 16.4. The zero-order valence-corrected chi connectivity index (χ0v) is 5.52. The molecule has 0 aliphatic heterocycles. The predicted octanol–water partition coefficient (Wildman–Crippen LogP) is -0.446. The SMILES string of the molecule is NC(=CC=CC(=O)O)C(=O)O. The molecule has 4 N–H and O–H groups in total. The van der Waals surface area contributed by atoms with Crippen molar-refractivity contribution < 1.29 is 19.8 Å². The molecule has 0 aromatic rings. The number of carboxylic acid groups (broad SMARTS) is 2. The molecule has 0 fully saturated rings. The van der Waals surface area contributed by atoms with Gasteiger partial charge in [-0.2, -0.15) is 0 Å². The Labute approximate surface area is 62.4 Å². The zero-order valence-electron chi connectivity index (χ0n) is 5.52. The Kier molecular flexibility index (Phi) is 3.44. The van der Waals surface area contributed by atoms with Crippen LogP contribution in [0.4, 0.5) is 0 Å². The minimum atomic E-state index is -1.28. The Morgan fingerprint density at radius 1 is 1.27 bits per heavy atom. The molecule has 0 saturated heterocycles. The second kappa shape index (κ2) is 4.10. The van der Waals surface area contributed by atoms with Crippen LogP contribution in [0.1, 0.15) is 0 Å². The highest BCUT2D eigenvalue weighted by Crippen LogP contribution is 1.84. The van der Waals surface area contributed by atoms with Crippen molar-refractivity contribution in [2.45, 2.75) is 0 Å². The quantitative estimate of drug-likeness (QED) is 0.380. The third-order valence-electron chi connectivity index (χ3n) is 0.762. The second-order valence-corrected chi connectivity index (χ2v) is 1.62. The Morgan fingerprint density at radius 3 is 2.18 bits per heavy atom. The smallest absolute Gasteiger partial charge is 0.351 e. The van der Waals surface area contributed by atoms with Crippen LogP contribution >= 0.6 is 0 Å². The summed E-state index contributed by atoms with van der Waals surface area (Å²) in [5, 5.41) is 16.2. The highest BCUT2D eigenvalue weighted by molar-refractivity contribution is 5.86. The second-order valence-electron chi connectivity index (χ2n) is 1.62. The molecule has 0 rings (SSSR count). The van der Waals surface area contributed by atoms with Crippen LogP contribution in [0.15, 0.2) is 23.9 Å². The van der Waals surface area contributed by atoms with Crippen LogP contribution in [0, 0.1) is 0 Å². The summed E-state index contributed by atoms with van der Waals surface area (Å²) < 4.78 is 0. The first-order valence-corrected chi connectivity index (χ1v) is 2.64. The van der Waals surface area contributed by atoms with Gasteiger partial charge in [0.05, 0.1) is 0 Å². The lowest BCUT2D eigenvalue weighted by atomic mass is 10.4. The first-order chi connectivity index (χ1) is 5.04. The van der Waals surface area contributed by atoms with E-state index in [-0.39, 0.29) is 0 Å². The number of aliphatic carboxylic acids is 2. The summed E-state index contributed by atoms with van der Waals surface area (Å²) in [6.45, 7) is 0. The van der Waals surface area contributed by atoms with Gasteiger partial charge in [0.2, 0.25) is 0 Å². The third kappa shape index (κ3) is 4.71. The van der Waals surface area contributed by atoms with Crippen LogP contribution in [0.3, 0.4) is 0 Å². The normalized spacial score (nSPS) is 11.8. The van der Waals surface area contributed by atoms with E-state index in [0.717, 1.165) is 18.2 Å². The van der Waals surface area contributed by atoms with Gasteiger partial charge in [0, 0.05) is 6.08 Å². The van der Waals surface area contributed by atoms with Crippen LogP contribution in [0.2, 0.25) is 0 Å². The van der Waals surface area contributed by atoms with Gasteiger partial charge >= 0.3 is 11.9 Å². The summed E-state index contributed by atoms with van der Waals surface area (Å²) >= 11 is 0. The molecule has 0 bridgehead atoms. The molecule has 0 heterocycles. The number of carbonyl (C=O) groups is 2. The van der Waals surface area contributed by atoms with Gasteiger partial charge in [0.25, 0.3) is 0 Å². The molecule has 0 spiro atoms. The maximum absolute atomic E-state index is 10.0. The van der Waals surface area contributed by atoms with Crippen LogP contribution < -0.4 is 5.73 Å². The first kappa shape index (κ1) is 9.22. The maximum atomic E-state index is 10.0. The Hall–Kier alpha value is -1.78. The molecule has 0 aromatic carbocycles. The topological polar surface area (TPSA) is 101 Å². The lowest BCUT2D eigenvalue weighted by Crippen LogP contribution is -2.08. The van der Waals surface area contributed by atoms with E-state index in [9.17, 15) is 9.59 Å². The van der Waals surface area contributed by atoms with E-state index in [4.69, 9.17) is 15.9 Å². The first-order valence-electron chi connectivity index (χ1n) is 2.64. The lowest BCUT2D eigenvalue weighted by molar-refractivity contribution is -0.133. The average molecular weight is 157 g/mol. The summed E-state index contributed by atoms with van der Waals surface area (Å²) in [6, 6.07) is 0. The molecule has 60 valence electrons. The van der Waals surface area contributed by atoms with E-state index in [0.29, 0.717) is 0 Å². The molecule has 0 aliphatic rings. The van der Waals surface area contributed by atoms with Crippen LogP contribution in [-0.4, -0.2) is 22.2 Å². The van der Waals surface area contributed by atoms with Crippen LogP contribution in [0.5, 0.6) is 0 Å². The zero-order chi connectivity index (χ0) is 8.85. The molecule has 0 aliphatic carbocycles. The number of rotatable bonds is 3. The van der Waals surface area contributed by atoms with Crippen molar-refractivity contribution in [3.8, 4) is 0 Å². The summed E-state index contributed by atoms with van der Waals surface area (Å²) in [7, 11) is 0. The molecule has 0 atom stereocenters. The van der Waals surface area contributed by atoms with Gasteiger partial charge in [0.1, 0.15) is 5.70 Å². The number of allylic oxidation sites excluding steroid dienone is 2. The van der Waals surface area contributed by atoms with Crippen molar-refractivity contribution in [2.24, 2.45) is 5.73 Å². The third-order valence-corrected chi connectivity index (χ3v) is 0.762. The molecule has 0 saturated carbocycles. The molecule has 0 unspecified atom stereocenters. The largest absolute Gasteiger partial charge is 0.478 e. The van der Waals surface area contributed by atoms with E-state index < -0.39 is 17.6 Å².